The number of nitrogens with zero attached hydrogens (tertiary/aromatic N) is 3. The van der Waals surface area contributed by atoms with Gasteiger partial charge in [0, 0.05) is 37.9 Å². The van der Waals surface area contributed by atoms with Gasteiger partial charge in [0.25, 0.3) is 0 Å². The lowest BCUT2D eigenvalue weighted by Gasteiger charge is -2.30. The van der Waals surface area contributed by atoms with Crippen LogP contribution in [0.25, 0.3) is 11.0 Å². The van der Waals surface area contributed by atoms with Gasteiger partial charge in [-0.05, 0) is 26.8 Å². The van der Waals surface area contributed by atoms with Crippen molar-refractivity contribution < 1.29 is 14.3 Å². The topological polar surface area (TPSA) is 87.5 Å². The number of pyridine rings is 2. The molecule has 3 rings (SSSR count). The fourth-order valence-electron chi connectivity index (χ4n) is 2.98. The first-order chi connectivity index (χ1) is 11.7. The maximum atomic E-state index is 14.6. The standard InChI is InChI=1S/C17H21FN4O3/c1-17(2,3)22-9-11(16(24)25)13(23)10-8-12(18)15(20-14(10)22)21-6-4-19-5-7-21/h8-9,19H,4-7H2,1-3H3,(H,24,25). The number of fused-ring (bicyclic) bond motifs is 1. The van der Waals surface area contributed by atoms with Gasteiger partial charge in [-0.1, -0.05) is 0 Å². The molecule has 0 radical (unpaired) electrons. The molecule has 134 valence electrons. The average molecular weight is 348 g/mol. The lowest BCUT2D eigenvalue weighted by molar-refractivity contribution is 0.0694. The molecule has 2 aromatic heterocycles. The molecule has 0 spiro atoms. The Labute approximate surface area is 144 Å². The molecule has 0 amide bonds. The van der Waals surface area contributed by atoms with Gasteiger partial charge in [0.1, 0.15) is 11.2 Å². The Bertz CT molecular complexity index is 895. The minimum absolute atomic E-state index is 0.0220. The van der Waals surface area contributed by atoms with Crippen molar-refractivity contribution in [1.29, 1.82) is 0 Å². The number of hydrogen-bond donors (Lipinski definition) is 2. The molecule has 0 bridgehead atoms. The summed E-state index contributed by atoms with van der Waals surface area (Å²) in [5, 5.41) is 12.5. The SMILES string of the molecule is CC(C)(C)n1cc(C(=O)O)c(=O)c2cc(F)c(N3CCNCC3)nc21. The van der Waals surface area contributed by atoms with Crippen molar-refractivity contribution in [1.82, 2.24) is 14.9 Å². The molecule has 25 heavy (non-hydrogen) atoms. The molecule has 8 heteroatoms. The Kier molecular flexibility index (Phi) is 4.24. The molecule has 7 nitrogen and oxygen atoms in total. The quantitative estimate of drug-likeness (QED) is 0.853. The number of piperazine rings is 1. The van der Waals surface area contributed by atoms with E-state index < -0.39 is 28.3 Å². The molecule has 3 heterocycles. The average Bonchev–Trinajstić information content (AvgIpc) is 2.54. The molecule has 0 saturated carbocycles. The predicted octanol–water partition coefficient (Wildman–Crippen LogP) is 1.40. The number of rotatable bonds is 2. The molecule has 0 aliphatic carbocycles. The van der Waals surface area contributed by atoms with Crippen molar-refractivity contribution in [3.05, 3.63) is 33.9 Å². The summed E-state index contributed by atoms with van der Waals surface area (Å²) >= 11 is 0. The highest BCUT2D eigenvalue weighted by Gasteiger charge is 2.25. The van der Waals surface area contributed by atoms with E-state index in [4.69, 9.17) is 0 Å². The predicted molar refractivity (Wildman–Crippen MR) is 93.0 cm³/mol. The van der Waals surface area contributed by atoms with Crippen molar-refractivity contribution >= 4 is 22.8 Å². The van der Waals surface area contributed by atoms with E-state index >= 15 is 0 Å². The van der Waals surface area contributed by atoms with Crippen LogP contribution >= 0.6 is 0 Å². The Hall–Kier alpha value is -2.48. The second-order valence-electron chi connectivity index (χ2n) is 7.12. The van der Waals surface area contributed by atoms with Crippen LogP contribution in [0.3, 0.4) is 0 Å². The molecular weight excluding hydrogens is 327 g/mol. The van der Waals surface area contributed by atoms with Crippen LogP contribution in [0.5, 0.6) is 0 Å². The van der Waals surface area contributed by atoms with Gasteiger partial charge >= 0.3 is 5.97 Å². The summed E-state index contributed by atoms with van der Waals surface area (Å²) in [6.07, 6.45) is 1.29. The summed E-state index contributed by atoms with van der Waals surface area (Å²) in [6.45, 7) is 8.30. The normalized spacial score (nSPS) is 15.6. The summed E-state index contributed by atoms with van der Waals surface area (Å²) in [7, 11) is 0. The lowest BCUT2D eigenvalue weighted by Crippen LogP contribution is -2.44. The molecular formula is C17H21FN4O3. The van der Waals surface area contributed by atoms with Crippen LogP contribution < -0.4 is 15.6 Å². The summed E-state index contributed by atoms with van der Waals surface area (Å²) in [4.78, 5) is 30.1. The van der Waals surface area contributed by atoms with E-state index in [9.17, 15) is 19.1 Å². The van der Waals surface area contributed by atoms with Gasteiger partial charge in [0.05, 0.1) is 5.39 Å². The van der Waals surface area contributed by atoms with Crippen LogP contribution in [0.1, 0.15) is 31.1 Å². The van der Waals surface area contributed by atoms with Crippen molar-refractivity contribution in [2.75, 3.05) is 31.1 Å². The van der Waals surface area contributed by atoms with E-state index in [-0.39, 0.29) is 16.9 Å². The van der Waals surface area contributed by atoms with Crippen LogP contribution in [-0.4, -0.2) is 46.8 Å². The molecule has 1 aliphatic rings. The molecule has 1 aliphatic heterocycles. The zero-order valence-electron chi connectivity index (χ0n) is 14.5. The van der Waals surface area contributed by atoms with E-state index in [1.165, 1.54) is 6.20 Å². The third kappa shape index (κ3) is 3.09. The second kappa shape index (κ2) is 6.11. The van der Waals surface area contributed by atoms with E-state index in [2.05, 4.69) is 10.3 Å². The largest absolute Gasteiger partial charge is 0.477 e. The van der Waals surface area contributed by atoms with E-state index in [0.29, 0.717) is 13.1 Å². The maximum absolute atomic E-state index is 14.6. The third-order valence-corrected chi connectivity index (χ3v) is 4.28. The summed E-state index contributed by atoms with van der Waals surface area (Å²) in [5.74, 6) is -1.76. The first-order valence-corrected chi connectivity index (χ1v) is 8.15. The zero-order valence-corrected chi connectivity index (χ0v) is 14.5. The fourth-order valence-corrected chi connectivity index (χ4v) is 2.98. The monoisotopic (exact) mass is 348 g/mol. The van der Waals surface area contributed by atoms with Gasteiger partial charge in [-0.3, -0.25) is 4.79 Å². The number of carboxylic acid groups (broad SMARTS) is 1. The van der Waals surface area contributed by atoms with Gasteiger partial charge in [0.2, 0.25) is 5.43 Å². The number of aromatic carboxylic acids is 1. The van der Waals surface area contributed by atoms with Crippen LogP contribution in [-0.2, 0) is 5.54 Å². The number of anilines is 1. The Balaban J connectivity index is 2.32. The Morgan fingerprint density at radius 3 is 2.52 bits per heavy atom. The summed E-state index contributed by atoms with van der Waals surface area (Å²) in [6, 6.07) is 1.11. The zero-order chi connectivity index (χ0) is 18.4. The second-order valence-corrected chi connectivity index (χ2v) is 7.12. The highest BCUT2D eigenvalue weighted by molar-refractivity contribution is 5.92. The number of carbonyl (C=O) groups is 1. The highest BCUT2D eigenvalue weighted by Crippen LogP contribution is 2.25. The molecule has 2 aromatic rings. The lowest BCUT2D eigenvalue weighted by atomic mass is 10.1. The van der Waals surface area contributed by atoms with Crippen LogP contribution in [0, 0.1) is 5.82 Å². The molecule has 0 atom stereocenters. The molecule has 1 saturated heterocycles. The molecule has 0 unspecified atom stereocenters. The van der Waals surface area contributed by atoms with Crippen molar-refractivity contribution in [2.45, 2.75) is 26.3 Å². The van der Waals surface area contributed by atoms with Crippen molar-refractivity contribution in [3.8, 4) is 0 Å². The fraction of sp³-hybridized carbons (Fsp3) is 0.471. The van der Waals surface area contributed by atoms with Crippen molar-refractivity contribution in [3.63, 3.8) is 0 Å². The Morgan fingerprint density at radius 1 is 1.32 bits per heavy atom. The van der Waals surface area contributed by atoms with E-state index in [1.807, 2.05) is 25.7 Å². The minimum atomic E-state index is -1.34. The maximum Gasteiger partial charge on any atom is 0.341 e. The smallest absolute Gasteiger partial charge is 0.341 e. The third-order valence-electron chi connectivity index (χ3n) is 4.28. The first kappa shape index (κ1) is 17.3. The molecule has 2 N–H and O–H groups in total. The van der Waals surface area contributed by atoms with Gasteiger partial charge in [-0.25, -0.2) is 14.2 Å². The summed E-state index contributed by atoms with van der Waals surface area (Å²) < 4.78 is 16.2. The number of nitrogens with one attached hydrogen (secondary N) is 1. The van der Waals surface area contributed by atoms with Gasteiger partial charge in [-0.15, -0.1) is 0 Å². The number of halogens is 1. The van der Waals surface area contributed by atoms with E-state index in [0.717, 1.165) is 19.2 Å². The number of aromatic nitrogens is 2. The highest BCUT2D eigenvalue weighted by atomic mass is 19.1. The van der Waals surface area contributed by atoms with Crippen LogP contribution in [0.2, 0.25) is 0 Å². The number of carboxylic acids is 1. The summed E-state index contributed by atoms with van der Waals surface area (Å²) in [5.41, 5.74) is -1.35. The Morgan fingerprint density at radius 2 is 1.96 bits per heavy atom. The van der Waals surface area contributed by atoms with Gasteiger partial charge < -0.3 is 19.9 Å². The van der Waals surface area contributed by atoms with Crippen LogP contribution in [0.4, 0.5) is 10.2 Å². The van der Waals surface area contributed by atoms with E-state index in [1.54, 1.807) is 4.57 Å². The van der Waals surface area contributed by atoms with Crippen molar-refractivity contribution in [2.24, 2.45) is 0 Å². The molecule has 0 aromatic carbocycles. The van der Waals surface area contributed by atoms with Gasteiger partial charge in [-0.2, -0.15) is 0 Å². The first-order valence-electron chi connectivity index (χ1n) is 8.15. The van der Waals surface area contributed by atoms with Crippen LogP contribution in [0.15, 0.2) is 17.1 Å². The number of hydrogen-bond acceptors (Lipinski definition) is 5. The minimum Gasteiger partial charge on any atom is -0.477 e. The van der Waals surface area contributed by atoms with Gasteiger partial charge in [0.15, 0.2) is 11.6 Å². The molecule has 1 fully saturated rings.